The van der Waals surface area contributed by atoms with Gasteiger partial charge in [-0.05, 0) is 30.5 Å². The summed E-state index contributed by atoms with van der Waals surface area (Å²) in [5, 5.41) is 10.6. The number of carbonyl (C=O) groups excluding carboxylic acids is 2. The molecule has 1 aliphatic heterocycles. The van der Waals surface area contributed by atoms with Gasteiger partial charge in [0, 0.05) is 38.8 Å². The topological polar surface area (TPSA) is 87.7 Å². The largest absolute Gasteiger partial charge is 0.417 e. The van der Waals surface area contributed by atoms with Crippen LogP contribution in [0.4, 0.5) is 23.8 Å². The third kappa shape index (κ3) is 6.56. The summed E-state index contributed by atoms with van der Waals surface area (Å²) in [6, 6.07) is 7.94. The van der Waals surface area contributed by atoms with Crippen LogP contribution < -0.4 is 15.0 Å². The fourth-order valence-corrected chi connectivity index (χ4v) is 3.36. The lowest BCUT2D eigenvalue weighted by molar-refractivity contribution is -0.138. The van der Waals surface area contributed by atoms with Crippen molar-refractivity contribution in [1.29, 1.82) is 0 Å². The summed E-state index contributed by atoms with van der Waals surface area (Å²) in [4.78, 5) is 27.7. The number of benzene rings is 1. The van der Waals surface area contributed by atoms with Crippen LogP contribution in [-0.4, -0.2) is 59.8 Å². The highest BCUT2D eigenvalue weighted by molar-refractivity contribution is 5.96. The van der Waals surface area contributed by atoms with Crippen LogP contribution in [-0.2, 0) is 6.18 Å². The summed E-state index contributed by atoms with van der Waals surface area (Å²) in [5.74, 6) is 0.379. The second kappa shape index (κ2) is 10.5. The molecule has 3 rings (SSSR count). The Bertz CT molecular complexity index is 958. The number of carbonyl (C=O) groups is 2. The molecule has 2 heterocycles. The normalized spacial score (nSPS) is 14.4. The van der Waals surface area contributed by atoms with Crippen molar-refractivity contribution in [2.24, 2.45) is 5.92 Å². The summed E-state index contributed by atoms with van der Waals surface area (Å²) >= 11 is 0. The van der Waals surface area contributed by atoms with E-state index >= 15 is 0 Å². The number of anilines is 1. The zero-order valence-electron chi connectivity index (χ0n) is 18.4. The number of alkyl halides is 3. The minimum absolute atomic E-state index is 0.0540. The third-order valence-corrected chi connectivity index (χ3v) is 5.17. The van der Waals surface area contributed by atoms with Gasteiger partial charge >= 0.3 is 12.3 Å². The molecule has 1 aliphatic rings. The van der Waals surface area contributed by atoms with Crippen molar-refractivity contribution in [2.45, 2.75) is 26.4 Å². The first-order chi connectivity index (χ1) is 15.6. The lowest BCUT2D eigenvalue weighted by Gasteiger charge is -2.35. The maximum Gasteiger partial charge on any atom is 0.417 e. The predicted octanol–water partition coefficient (Wildman–Crippen LogP) is 3.59. The SMILES string of the molecule is CC(C)CCNC(=O)Oc1ccc(N2CCN(C(=O)c3ccccc3C(F)(F)F)CC2)nn1. The molecule has 8 nitrogen and oxygen atoms in total. The maximum absolute atomic E-state index is 13.2. The molecule has 0 unspecified atom stereocenters. The number of aromatic nitrogens is 2. The van der Waals surface area contributed by atoms with Crippen LogP contribution in [0.25, 0.3) is 0 Å². The number of amides is 2. The Kier molecular flexibility index (Phi) is 7.72. The van der Waals surface area contributed by atoms with Crippen LogP contribution in [0.3, 0.4) is 0 Å². The van der Waals surface area contributed by atoms with E-state index < -0.39 is 23.7 Å². The van der Waals surface area contributed by atoms with Crippen LogP contribution in [0, 0.1) is 5.92 Å². The molecule has 2 aromatic rings. The molecule has 33 heavy (non-hydrogen) atoms. The smallest absolute Gasteiger partial charge is 0.390 e. The first-order valence-electron chi connectivity index (χ1n) is 10.6. The van der Waals surface area contributed by atoms with Gasteiger partial charge in [0.1, 0.15) is 0 Å². The highest BCUT2D eigenvalue weighted by Gasteiger charge is 2.36. The molecular weight excluding hydrogens is 439 g/mol. The van der Waals surface area contributed by atoms with Crippen molar-refractivity contribution in [3.8, 4) is 5.88 Å². The van der Waals surface area contributed by atoms with Gasteiger partial charge < -0.3 is 19.9 Å². The van der Waals surface area contributed by atoms with Gasteiger partial charge in [0.15, 0.2) is 5.82 Å². The summed E-state index contributed by atoms with van der Waals surface area (Å²) in [6.45, 7) is 5.84. The van der Waals surface area contributed by atoms with Gasteiger partial charge in [0.25, 0.3) is 5.91 Å². The van der Waals surface area contributed by atoms with Crippen LogP contribution in [0.1, 0.15) is 36.2 Å². The molecule has 1 aromatic carbocycles. The first kappa shape index (κ1) is 24.3. The van der Waals surface area contributed by atoms with Crippen LogP contribution in [0.15, 0.2) is 36.4 Å². The molecule has 0 bridgehead atoms. The van der Waals surface area contributed by atoms with E-state index in [2.05, 4.69) is 15.5 Å². The molecule has 0 atom stereocenters. The van der Waals surface area contributed by atoms with Crippen molar-refractivity contribution in [3.05, 3.63) is 47.5 Å². The molecule has 1 fully saturated rings. The number of piperazine rings is 1. The van der Waals surface area contributed by atoms with E-state index in [1.165, 1.54) is 29.2 Å². The molecule has 2 amide bonds. The van der Waals surface area contributed by atoms with Crippen molar-refractivity contribution < 1.29 is 27.5 Å². The van der Waals surface area contributed by atoms with Gasteiger partial charge in [-0.1, -0.05) is 26.0 Å². The monoisotopic (exact) mass is 465 g/mol. The molecule has 1 N–H and O–H groups in total. The van der Waals surface area contributed by atoms with Crippen LogP contribution in [0.5, 0.6) is 5.88 Å². The van der Waals surface area contributed by atoms with E-state index in [0.717, 1.165) is 12.5 Å². The molecule has 0 radical (unpaired) electrons. The molecule has 0 aliphatic carbocycles. The average Bonchev–Trinajstić information content (AvgIpc) is 2.78. The fraction of sp³-hybridized carbons (Fsp3) is 0.455. The van der Waals surface area contributed by atoms with Crippen LogP contribution in [0.2, 0.25) is 0 Å². The Hall–Kier alpha value is -3.37. The molecule has 0 saturated carbocycles. The summed E-state index contributed by atoms with van der Waals surface area (Å²) in [6.07, 6.45) is -4.38. The number of hydrogen-bond acceptors (Lipinski definition) is 6. The molecule has 1 aromatic heterocycles. The van der Waals surface area contributed by atoms with Gasteiger partial charge in [-0.2, -0.15) is 13.2 Å². The third-order valence-electron chi connectivity index (χ3n) is 5.17. The molecular formula is C22H26F3N5O3. The molecule has 1 saturated heterocycles. The Balaban J connectivity index is 1.54. The average molecular weight is 465 g/mol. The quantitative estimate of drug-likeness (QED) is 0.702. The van der Waals surface area contributed by atoms with Crippen molar-refractivity contribution >= 4 is 17.8 Å². The molecule has 0 spiro atoms. The fourth-order valence-electron chi connectivity index (χ4n) is 3.36. The summed E-state index contributed by atoms with van der Waals surface area (Å²) < 4.78 is 44.8. The number of nitrogens with zero attached hydrogens (tertiary/aromatic N) is 4. The van der Waals surface area contributed by atoms with E-state index in [1.54, 1.807) is 6.07 Å². The summed E-state index contributed by atoms with van der Waals surface area (Å²) in [7, 11) is 0. The highest BCUT2D eigenvalue weighted by Crippen LogP contribution is 2.32. The Morgan fingerprint density at radius 3 is 2.36 bits per heavy atom. The van der Waals surface area contributed by atoms with Gasteiger partial charge in [0.2, 0.25) is 5.88 Å². The Morgan fingerprint density at radius 2 is 1.76 bits per heavy atom. The second-order valence-electron chi connectivity index (χ2n) is 8.05. The summed E-state index contributed by atoms with van der Waals surface area (Å²) in [5.41, 5.74) is -1.29. The zero-order chi connectivity index (χ0) is 24.0. The molecule has 11 heteroatoms. The first-order valence-corrected chi connectivity index (χ1v) is 10.6. The highest BCUT2D eigenvalue weighted by atomic mass is 19.4. The zero-order valence-corrected chi connectivity index (χ0v) is 18.4. The lowest BCUT2D eigenvalue weighted by atomic mass is 10.1. The van der Waals surface area contributed by atoms with E-state index in [1.807, 2.05) is 18.7 Å². The minimum atomic E-state index is -4.60. The number of rotatable bonds is 6. The van der Waals surface area contributed by atoms with E-state index in [0.29, 0.717) is 31.4 Å². The lowest BCUT2D eigenvalue weighted by Crippen LogP contribution is -2.49. The van der Waals surface area contributed by atoms with Gasteiger partial charge in [0.05, 0.1) is 11.1 Å². The van der Waals surface area contributed by atoms with Crippen molar-refractivity contribution in [1.82, 2.24) is 20.4 Å². The second-order valence-corrected chi connectivity index (χ2v) is 8.05. The minimum Gasteiger partial charge on any atom is -0.390 e. The van der Waals surface area contributed by atoms with E-state index in [-0.39, 0.29) is 24.5 Å². The number of ether oxygens (including phenoxy) is 1. The van der Waals surface area contributed by atoms with Crippen LogP contribution >= 0.6 is 0 Å². The van der Waals surface area contributed by atoms with Crippen molar-refractivity contribution in [2.75, 3.05) is 37.6 Å². The Morgan fingerprint density at radius 1 is 1.06 bits per heavy atom. The maximum atomic E-state index is 13.2. The van der Waals surface area contributed by atoms with Gasteiger partial charge in [-0.15, -0.1) is 10.2 Å². The number of hydrogen-bond donors (Lipinski definition) is 1. The Labute approximate surface area is 189 Å². The number of nitrogens with one attached hydrogen (secondary N) is 1. The molecule has 178 valence electrons. The predicted molar refractivity (Wildman–Crippen MR) is 115 cm³/mol. The van der Waals surface area contributed by atoms with Gasteiger partial charge in [-0.25, -0.2) is 4.79 Å². The van der Waals surface area contributed by atoms with E-state index in [4.69, 9.17) is 4.74 Å². The number of halogens is 3. The van der Waals surface area contributed by atoms with Gasteiger partial charge in [-0.3, -0.25) is 4.79 Å². The van der Waals surface area contributed by atoms with Crippen molar-refractivity contribution in [3.63, 3.8) is 0 Å². The van der Waals surface area contributed by atoms with E-state index in [9.17, 15) is 22.8 Å². The standard InChI is InChI=1S/C22H26F3N5O3/c1-15(2)9-10-26-21(32)33-19-8-7-18(27-28-19)29-11-13-30(14-12-29)20(31)16-5-3-4-6-17(16)22(23,24)25/h3-8,15H,9-14H2,1-2H3,(H,26,32).